The van der Waals surface area contributed by atoms with Gasteiger partial charge in [-0.25, -0.2) is 9.97 Å². The van der Waals surface area contributed by atoms with E-state index in [4.69, 9.17) is 15.2 Å². The molecule has 0 aliphatic carbocycles. The van der Waals surface area contributed by atoms with Crippen molar-refractivity contribution in [2.24, 2.45) is 5.73 Å². The van der Waals surface area contributed by atoms with Crippen LogP contribution in [0.4, 0.5) is 5.82 Å². The molecule has 0 radical (unpaired) electrons. The molecule has 3 N–H and O–H groups in total. The van der Waals surface area contributed by atoms with Crippen molar-refractivity contribution in [2.75, 3.05) is 38.2 Å². The monoisotopic (exact) mass is 254 g/mol. The summed E-state index contributed by atoms with van der Waals surface area (Å²) in [4.78, 5) is 8.15. The standard InChI is InChI=1S/C12H22N4O2/c1-2-6-18-12-9-11(15-10-16-12)14-5-3-7-17-8-4-13/h9-10H,2-8,13H2,1H3,(H,14,15,16). The molecule has 0 atom stereocenters. The zero-order valence-electron chi connectivity index (χ0n) is 10.9. The average molecular weight is 254 g/mol. The van der Waals surface area contributed by atoms with Gasteiger partial charge in [0.2, 0.25) is 5.88 Å². The van der Waals surface area contributed by atoms with Crippen molar-refractivity contribution in [1.29, 1.82) is 0 Å². The number of nitrogens with zero attached hydrogens (tertiary/aromatic N) is 2. The lowest BCUT2D eigenvalue weighted by molar-refractivity contribution is 0.141. The third-order valence-corrected chi connectivity index (χ3v) is 2.13. The molecule has 6 nitrogen and oxygen atoms in total. The molecule has 1 aromatic heterocycles. The van der Waals surface area contributed by atoms with Crippen molar-refractivity contribution in [3.63, 3.8) is 0 Å². The van der Waals surface area contributed by atoms with Crippen LogP contribution in [0.5, 0.6) is 5.88 Å². The van der Waals surface area contributed by atoms with E-state index in [2.05, 4.69) is 22.2 Å². The Bertz CT molecular complexity index is 323. The third kappa shape index (κ3) is 6.36. The van der Waals surface area contributed by atoms with Crippen molar-refractivity contribution in [3.8, 4) is 5.88 Å². The summed E-state index contributed by atoms with van der Waals surface area (Å²) in [6.45, 7) is 5.41. The fraction of sp³-hybridized carbons (Fsp3) is 0.667. The van der Waals surface area contributed by atoms with E-state index in [0.29, 0.717) is 32.2 Å². The highest BCUT2D eigenvalue weighted by Gasteiger charge is 1.98. The highest BCUT2D eigenvalue weighted by molar-refractivity contribution is 5.36. The van der Waals surface area contributed by atoms with Crippen LogP contribution in [0.25, 0.3) is 0 Å². The van der Waals surface area contributed by atoms with Gasteiger partial charge in [0.25, 0.3) is 0 Å². The molecule has 0 saturated carbocycles. The number of nitrogens with two attached hydrogens (primary N) is 1. The Morgan fingerprint density at radius 3 is 2.94 bits per heavy atom. The van der Waals surface area contributed by atoms with Gasteiger partial charge in [0.15, 0.2) is 0 Å². The highest BCUT2D eigenvalue weighted by atomic mass is 16.5. The summed E-state index contributed by atoms with van der Waals surface area (Å²) in [6.07, 6.45) is 3.37. The summed E-state index contributed by atoms with van der Waals surface area (Å²) < 4.78 is 10.7. The first-order valence-corrected chi connectivity index (χ1v) is 6.33. The fourth-order valence-corrected chi connectivity index (χ4v) is 1.30. The molecule has 0 bridgehead atoms. The first-order valence-electron chi connectivity index (χ1n) is 6.33. The Morgan fingerprint density at radius 2 is 2.17 bits per heavy atom. The van der Waals surface area contributed by atoms with Gasteiger partial charge in [0.05, 0.1) is 13.2 Å². The van der Waals surface area contributed by atoms with Crippen molar-refractivity contribution < 1.29 is 9.47 Å². The lowest BCUT2D eigenvalue weighted by Crippen LogP contribution is -2.12. The van der Waals surface area contributed by atoms with E-state index in [-0.39, 0.29) is 0 Å². The van der Waals surface area contributed by atoms with Gasteiger partial charge in [-0.2, -0.15) is 0 Å². The SMILES string of the molecule is CCCOc1cc(NCCCOCCN)ncn1. The van der Waals surface area contributed by atoms with Crippen LogP contribution in [0, 0.1) is 0 Å². The second-order valence-corrected chi connectivity index (χ2v) is 3.77. The van der Waals surface area contributed by atoms with Crippen LogP contribution in [0.2, 0.25) is 0 Å². The minimum atomic E-state index is 0.567. The van der Waals surface area contributed by atoms with Gasteiger partial charge < -0.3 is 20.5 Å². The van der Waals surface area contributed by atoms with E-state index < -0.39 is 0 Å². The lowest BCUT2D eigenvalue weighted by atomic mass is 10.4. The van der Waals surface area contributed by atoms with Crippen molar-refractivity contribution in [3.05, 3.63) is 12.4 Å². The van der Waals surface area contributed by atoms with Crippen LogP contribution in [0.1, 0.15) is 19.8 Å². The summed E-state index contributed by atoms with van der Waals surface area (Å²) in [7, 11) is 0. The van der Waals surface area contributed by atoms with E-state index in [9.17, 15) is 0 Å². The van der Waals surface area contributed by atoms with Crippen LogP contribution in [0.15, 0.2) is 12.4 Å². The lowest BCUT2D eigenvalue weighted by Gasteiger charge is -2.07. The molecule has 18 heavy (non-hydrogen) atoms. The summed E-state index contributed by atoms with van der Waals surface area (Å²) in [5, 5.41) is 3.20. The van der Waals surface area contributed by atoms with Gasteiger partial charge in [0, 0.05) is 25.8 Å². The number of ether oxygens (including phenoxy) is 2. The first kappa shape index (κ1) is 14.7. The summed E-state index contributed by atoms with van der Waals surface area (Å²) in [5.74, 6) is 1.38. The van der Waals surface area contributed by atoms with Gasteiger partial charge in [-0.3, -0.25) is 0 Å². The third-order valence-electron chi connectivity index (χ3n) is 2.13. The van der Waals surface area contributed by atoms with Crippen LogP contribution in [-0.4, -0.2) is 42.9 Å². The molecule has 0 unspecified atom stereocenters. The topological polar surface area (TPSA) is 82.3 Å². The molecule has 102 valence electrons. The van der Waals surface area contributed by atoms with Gasteiger partial charge in [-0.1, -0.05) is 6.92 Å². The quantitative estimate of drug-likeness (QED) is 0.607. The summed E-state index contributed by atoms with van der Waals surface area (Å²) >= 11 is 0. The zero-order valence-corrected chi connectivity index (χ0v) is 10.9. The van der Waals surface area contributed by atoms with Crippen LogP contribution < -0.4 is 15.8 Å². The van der Waals surface area contributed by atoms with E-state index in [1.165, 1.54) is 6.33 Å². The van der Waals surface area contributed by atoms with E-state index in [0.717, 1.165) is 25.2 Å². The molecule has 1 aromatic rings. The van der Waals surface area contributed by atoms with Gasteiger partial charge in [0.1, 0.15) is 12.1 Å². The molecule has 1 heterocycles. The summed E-state index contributed by atoms with van der Waals surface area (Å²) in [6, 6.07) is 1.80. The number of rotatable bonds is 10. The predicted molar refractivity (Wildman–Crippen MR) is 70.8 cm³/mol. The Labute approximate surface area is 108 Å². The maximum absolute atomic E-state index is 5.43. The first-order chi connectivity index (χ1) is 8.86. The minimum Gasteiger partial charge on any atom is -0.478 e. The number of nitrogens with one attached hydrogen (secondary N) is 1. The number of hydrogen-bond acceptors (Lipinski definition) is 6. The van der Waals surface area contributed by atoms with Crippen LogP contribution >= 0.6 is 0 Å². The molecule has 0 spiro atoms. The maximum Gasteiger partial charge on any atom is 0.218 e. The van der Waals surface area contributed by atoms with Crippen molar-refractivity contribution in [1.82, 2.24) is 9.97 Å². The molecular formula is C12H22N4O2. The van der Waals surface area contributed by atoms with Gasteiger partial charge in [-0.15, -0.1) is 0 Å². The Balaban J connectivity index is 2.20. The van der Waals surface area contributed by atoms with Crippen molar-refractivity contribution >= 4 is 5.82 Å². The normalized spacial score (nSPS) is 10.3. The largest absolute Gasteiger partial charge is 0.478 e. The smallest absolute Gasteiger partial charge is 0.218 e. The van der Waals surface area contributed by atoms with E-state index >= 15 is 0 Å². The number of hydrogen-bond donors (Lipinski definition) is 2. The molecule has 0 saturated heterocycles. The van der Waals surface area contributed by atoms with Crippen LogP contribution in [-0.2, 0) is 4.74 Å². The van der Waals surface area contributed by atoms with E-state index in [1.54, 1.807) is 6.07 Å². The Kier molecular flexibility index (Phi) is 7.83. The molecule has 6 heteroatoms. The van der Waals surface area contributed by atoms with Gasteiger partial charge in [-0.05, 0) is 12.8 Å². The molecule has 0 aromatic carbocycles. The molecule has 0 aliphatic heterocycles. The van der Waals surface area contributed by atoms with E-state index in [1.807, 2.05) is 0 Å². The van der Waals surface area contributed by atoms with Crippen LogP contribution in [0.3, 0.4) is 0 Å². The Hall–Kier alpha value is -1.40. The highest BCUT2D eigenvalue weighted by Crippen LogP contribution is 2.10. The Morgan fingerprint density at radius 1 is 1.28 bits per heavy atom. The van der Waals surface area contributed by atoms with Gasteiger partial charge >= 0.3 is 0 Å². The fourth-order valence-electron chi connectivity index (χ4n) is 1.30. The zero-order chi connectivity index (χ0) is 13.1. The second-order valence-electron chi connectivity index (χ2n) is 3.77. The molecular weight excluding hydrogens is 232 g/mol. The van der Waals surface area contributed by atoms with Crippen molar-refractivity contribution in [2.45, 2.75) is 19.8 Å². The number of aromatic nitrogens is 2. The average Bonchev–Trinajstić information content (AvgIpc) is 2.41. The second kappa shape index (κ2) is 9.61. The molecule has 1 rings (SSSR count). The predicted octanol–water partition coefficient (Wildman–Crippen LogP) is 1.04. The minimum absolute atomic E-state index is 0.567. The summed E-state index contributed by atoms with van der Waals surface area (Å²) in [5.41, 5.74) is 5.32. The molecule has 0 amide bonds. The molecule has 0 fully saturated rings. The molecule has 0 aliphatic rings. The number of anilines is 1. The maximum atomic E-state index is 5.43.